The van der Waals surface area contributed by atoms with Crippen LogP contribution in [0.15, 0.2) is 54.6 Å². The summed E-state index contributed by atoms with van der Waals surface area (Å²) in [6.45, 7) is 3.77. The van der Waals surface area contributed by atoms with Gasteiger partial charge in [-0.15, -0.1) is 0 Å². The van der Waals surface area contributed by atoms with Crippen molar-refractivity contribution in [3.63, 3.8) is 0 Å². The van der Waals surface area contributed by atoms with Gasteiger partial charge in [-0.25, -0.2) is 9.78 Å². The number of hydrogen-bond acceptors (Lipinski definition) is 4. The average Bonchev–Trinajstić information content (AvgIpc) is 3.50. The molecule has 160 valence electrons. The molecule has 0 radical (unpaired) electrons. The summed E-state index contributed by atoms with van der Waals surface area (Å²) >= 11 is 0. The molecule has 3 aromatic rings. The maximum Gasteiger partial charge on any atom is 0.319 e. The molecule has 2 aromatic carbocycles. The van der Waals surface area contributed by atoms with Crippen LogP contribution in [0.4, 0.5) is 16.2 Å². The minimum Gasteiger partial charge on any atom is -0.326 e. The molecule has 1 fully saturated rings. The van der Waals surface area contributed by atoms with Gasteiger partial charge in [0.2, 0.25) is 5.91 Å². The van der Waals surface area contributed by atoms with Gasteiger partial charge in [-0.3, -0.25) is 9.89 Å². The first-order valence-electron chi connectivity index (χ1n) is 10.5. The maximum atomic E-state index is 12.8. The third-order valence-corrected chi connectivity index (χ3v) is 5.14. The van der Waals surface area contributed by atoms with E-state index in [1.54, 1.807) is 12.1 Å². The Morgan fingerprint density at radius 1 is 0.968 bits per heavy atom. The predicted molar refractivity (Wildman–Crippen MR) is 120 cm³/mol. The predicted octanol–water partition coefficient (Wildman–Crippen LogP) is 4.13. The van der Waals surface area contributed by atoms with Gasteiger partial charge in [0, 0.05) is 22.9 Å². The Balaban J connectivity index is 1.37. The number of benzene rings is 2. The highest BCUT2D eigenvalue weighted by atomic mass is 16.2. The molecule has 4 rings (SSSR count). The van der Waals surface area contributed by atoms with E-state index in [4.69, 9.17) is 0 Å². The fraction of sp³-hybridized carbons (Fsp3) is 0.304. The van der Waals surface area contributed by atoms with E-state index in [2.05, 4.69) is 31.1 Å². The largest absolute Gasteiger partial charge is 0.326 e. The molecule has 8 heteroatoms. The number of nitrogens with one attached hydrogen (secondary N) is 4. The van der Waals surface area contributed by atoms with E-state index < -0.39 is 12.1 Å². The molecular weight excluding hydrogens is 392 g/mol. The van der Waals surface area contributed by atoms with Gasteiger partial charge in [-0.05, 0) is 55.2 Å². The highest BCUT2D eigenvalue weighted by molar-refractivity contribution is 5.99. The molecule has 0 saturated heterocycles. The summed E-state index contributed by atoms with van der Waals surface area (Å²) in [7, 11) is 0. The summed E-state index contributed by atoms with van der Waals surface area (Å²) in [6.07, 6.45) is 2.32. The molecule has 8 nitrogen and oxygen atoms in total. The van der Waals surface area contributed by atoms with Crippen molar-refractivity contribution < 1.29 is 9.59 Å². The van der Waals surface area contributed by atoms with Crippen LogP contribution in [0, 0.1) is 5.92 Å². The molecule has 0 spiro atoms. The molecule has 0 bridgehead atoms. The number of hydrogen-bond donors (Lipinski definition) is 4. The molecule has 1 aromatic heterocycles. The van der Waals surface area contributed by atoms with Crippen LogP contribution in [0.25, 0.3) is 11.4 Å². The summed E-state index contributed by atoms with van der Waals surface area (Å²) in [5.74, 6) is 1.74. The number of nitrogens with zero attached hydrogens (tertiary/aromatic N) is 2. The Hall–Kier alpha value is -3.68. The van der Waals surface area contributed by atoms with Crippen molar-refractivity contribution in [2.75, 3.05) is 10.6 Å². The number of para-hydroxylation sites is 1. The smallest absolute Gasteiger partial charge is 0.319 e. The standard InChI is InChI=1S/C23H26N6O2/c1-14(2)19(26-23(31)25-17-6-4-3-5-7-17)22(30)24-18-12-10-16(11-13-18)21-27-20(28-29-21)15-8-9-15/h3-7,10-15,19H,8-9H2,1-2H3,(H,24,30)(H2,25,26,31)(H,27,28,29). The maximum absolute atomic E-state index is 12.8. The van der Waals surface area contributed by atoms with Crippen LogP contribution >= 0.6 is 0 Å². The summed E-state index contributed by atoms with van der Waals surface area (Å²) in [6, 6.07) is 15.3. The van der Waals surface area contributed by atoms with Gasteiger partial charge in [0.05, 0.1) is 0 Å². The molecule has 1 heterocycles. The van der Waals surface area contributed by atoms with Gasteiger partial charge in [0.1, 0.15) is 11.9 Å². The second-order valence-electron chi connectivity index (χ2n) is 8.07. The quantitative estimate of drug-likeness (QED) is 0.462. The van der Waals surface area contributed by atoms with Crippen LogP contribution < -0.4 is 16.0 Å². The Morgan fingerprint density at radius 2 is 1.65 bits per heavy atom. The normalized spacial score (nSPS) is 14.2. The Kier molecular flexibility index (Phi) is 5.97. The first kappa shape index (κ1) is 20.6. The van der Waals surface area contributed by atoms with E-state index in [1.807, 2.05) is 56.3 Å². The lowest BCUT2D eigenvalue weighted by Gasteiger charge is -2.22. The number of amides is 3. The number of rotatable bonds is 7. The van der Waals surface area contributed by atoms with E-state index >= 15 is 0 Å². The van der Waals surface area contributed by atoms with Crippen LogP contribution in [0.1, 0.15) is 38.4 Å². The molecule has 31 heavy (non-hydrogen) atoms. The number of urea groups is 1. The molecule has 1 aliphatic carbocycles. The SMILES string of the molecule is CC(C)C(NC(=O)Nc1ccccc1)C(=O)Nc1ccc(-c2n[nH]c(C3CC3)n2)cc1. The zero-order valence-electron chi connectivity index (χ0n) is 17.6. The number of carbonyl (C=O) groups is 2. The second kappa shape index (κ2) is 8.99. The summed E-state index contributed by atoms with van der Waals surface area (Å²) in [4.78, 5) is 29.7. The second-order valence-corrected chi connectivity index (χ2v) is 8.07. The van der Waals surface area contributed by atoms with E-state index in [0.29, 0.717) is 23.1 Å². The first-order chi connectivity index (χ1) is 15.0. The van der Waals surface area contributed by atoms with Crippen LogP contribution in [0.3, 0.4) is 0 Å². The molecule has 1 unspecified atom stereocenters. The van der Waals surface area contributed by atoms with Crippen molar-refractivity contribution in [2.45, 2.75) is 38.6 Å². The van der Waals surface area contributed by atoms with Gasteiger partial charge >= 0.3 is 6.03 Å². The van der Waals surface area contributed by atoms with Crippen molar-refractivity contribution in [1.29, 1.82) is 0 Å². The van der Waals surface area contributed by atoms with Gasteiger partial charge in [-0.2, -0.15) is 5.10 Å². The van der Waals surface area contributed by atoms with Crippen LogP contribution in [0.2, 0.25) is 0 Å². The van der Waals surface area contributed by atoms with Gasteiger partial charge in [-0.1, -0.05) is 32.0 Å². The van der Waals surface area contributed by atoms with Crippen molar-refractivity contribution in [2.24, 2.45) is 5.92 Å². The van der Waals surface area contributed by atoms with Crippen LogP contribution in [-0.2, 0) is 4.79 Å². The molecule has 1 atom stereocenters. The molecule has 1 saturated carbocycles. The van der Waals surface area contributed by atoms with Gasteiger partial charge in [0.15, 0.2) is 5.82 Å². The molecule has 1 aliphatic rings. The highest BCUT2D eigenvalue weighted by Gasteiger charge is 2.27. The number of carbonyl (C=O) groups excluding carboxylic acids is 2. The van der Waals surface area contributed by atoms with E-state index in [-0.39, 0.29) is 11.8 Å². The van der Waals surface area contributed by atoms with Crippen LogP contribution in [0.5, 0.6) is 0 Å². The molecule has 4 N–H and O–H groups in total. The minimum atomic E-state index is -0.683. The topological polar surface area (TPSA) is 112 Å². The van der Waals surface area contributed by atoms with Crippen molar-refractivity contribution in [1.82, 2.24) is 20.5 Å². The monoisotopic (exact) mass is 418 g/mol. The lowest BCUT2D eigenvalue weighted by Crippen LogP contribution is -2.48. The van der Waals surface area contributed by atoms with E-state index in [0.717, 1.165) is 24.2 Å². The zero-order valence-corrected chi connectivity index (χ0v) is 17.6. The fourth-order valence-corrected chi connectivity index (χ4v) is 3.23. The number of anilines is 2. The first-order valence-corrected chi connectivity index (χ1v) is 10.5. The lowest BCUT2D eigenvalue weighted by atomic mass is 10.0. The molecule has 3 amide bonds. The number of H-pyrrole nitrogens is 1. The van der Waals surface area contributed by atoms with Gasteiger partial charge in [0.25, 0.3) is 0 Å². The zero-order chi connectivity index (χ0) is 21.8. The van der Waals surface area contributed by atoms with E-state index in [1.165, 1.54) is 0 Å². The fourth-order valence-electron chi connectivity index (χ4n) is 3.23. The van der Waals surface area contributed by atoms with Crippen molar-refractivity contribution in [3.05, 3.63) is 60.4 Å². The van der Waals surface area contributed by atoms with Crippen LogP contribution in [-0.4, -0.2) is 33.2 Å². The average molecular weight is 419 g/mol. The van der Waals surface area contributed by atoms with Gasteiger partial charge < -0.3 is 16.0 Å². The third kappa shape index (κ3) is 5.28. The lowest BCUT2D eigenvalue weighted by molar-refractivity contribution is -0.118. The summed E-state index contributed by atoms with van der Waals surface area (Å²) in [5, 5.41) is 15.6. The molecular formula is C23H26N6O2. The Morgan fingerprint density at radius 3 is 2.29 bits per heavy atom. The highest BCUT2D eigenvalue weighted by Crippen LogP contribution is 2.38. The number of aromatic nitrogens is 3. The third-order valence-electron chi connectivity index (χ3n) is 5.14. The number of aromatic amines is 1. The Bertz CT molecular complexity index is 1040. The summed E-state index contributed by atoms with van der Waals surface area (Å²) in [5.41, 5.74) is 2.18. The minimum absolute atomic E-state index is 0.0881. The Labute approximate surface area is 180 Å². The summed E-state index contributed by atoms with van der Waals surface area (Å²) < 4.78 is 0. The van der Waals surface area contributed by atoms with Crippen molar-refractivity contribution >= 4 is 23.3 Å². The molecule has 0 aliphatic heterocycles. The van der Waals surface area contributed by atoms with Crippen molar-refractivity contribution in [3.8, 4) is 11.4 Å². The van der Waals surface area contributed by atoms with E-state index in [9.17, 15) is 9.59 Å².